The van der Waals surface area contributed by atoms with Crippen LogP contribution < -0.4 is 15.5 Å². The third-order valence-electron chi connectivity index (χ3n) is 3.31. The fraction of sp³-hybridized carbons (Fsp3) is 0.286. The third kappa shape index (κ3) is 3.07. The Bertz CT molecular complexity index is 856. The highest BCUT2D eigenvalue weighted by molar-refractivity contribution is 5.91. The first kappa shape index (κ1) is 15.6. The summed E-state index contributed by atoms with van der Waals surface area (Å²) in [7, 11) is 5.38. The first-order valence-corrected chi connectivity index (χ1v) is 7.25. The molecule has 124 valence electrons. The van der Waals surface area contributed by atoms with Gasteiger partial charge in [-0.25, -0.2) is 9.97 Å². The number of carbonyl (C=O) groups is 1. The van der Waals surface area contributed by atoms with E-state index in [-0.39, 0.29) is 11.6 Å². The van der Waals surface area contributed by atoms with Gasteiger partial charge in [0.25, 0.3) is 5.91 Å². The number of hydrogen-bond donors (Lipinski definition) is 2. The number of rotatable bonds is 5. The summed E-state index contributed by atoms with van der Waals surface area (Å²) in [6.45, 7) is 0.374. The van der Waals surface area contributed by atoms with Crippen molar-refractivity contribution in [3.8, 4) is 0 Å². The van der Waals surface area contributed by atoms with Gasteiger partial charge < -0.3 is 15.5 Å². The molecule has 0 fully saturated rings. The van der Waals surface area contributed by atoms with E-state index in [1.54, 1.807) is 11.6 Å². The van der Waals surface area contributed by atoms with Crippen molar-refractivity contribution in [1.29, 1.82) is 0 Å². The summed E-state index contributed by atoms with van der Waals surface area (Å²) in [6.07, 6.45) is 2.90. The molecule has 0 aliphatic heterocycles. The molecule has 24 heavy (non-hydrogen) atoms. The molecule has 0 atom stereocenters. The summed E-state index contributed by atoms with van der Waals surface area (Å²) in [6, 6.07) is 3.74. The van der Waals surface area contributed by atoms with Gasteiger partial charge in [0.1, 0.15) is 17.3 Å². The number of carbonyl (C=O) groups excluding carboxylic acids is 1. The van der Waals surface area contributed by atoms with E-state index in [0.29, 0.717) is 23.8 Å². The van der Waals surface area contributed by atoms with Gasteiger partial charge >= 0.3 is 0 Å². The zero-order chi connectivity index (χ0) is 17.1. The van der Waals surface area contributed by atoms with Crippen LogP contribution in [0.4, 0.5) is 11.6 Å². The summed E-state index contributed by atoms with van der Waals surface area (Å²) in [4.78, 5) is 21.5. The van der Waals surface area contributed by atoms with Gasteiger partial charge in [0.05, 0.1) is 18.9 Å². The first-order chi connectivity index (χ1) is 11.6. The minimum Gasteiger partial charge on any atom is -0.361 e. The summed E-state index contributed by atoms with van der Waals surface area (Å²) in [5, 5.41) is 18.3. The van der Waals surface area contributed by atoms with E-state index in [9.17, 15) is 4.79 Å². The molecule has 3 heterocycles. The summed E-state index contributed by atoms with van der Waals surface area (Å²) >= 11 is 0. The van der Waals surface area contributed by atoms with Crippen molar-refractivity contribution < 1.29 is 4.79 Å². The lowest BCUT2D eigenvalue weighted by molar-refractivity contribution is 0.0958. The van der Waals surface area contributed by atoms with Crippen LogP contribution in [0.5, 0.6) is 0 Å². The first-order valence-electron chi connectivity index (χ1n) is 7.25. The maximum atomic E-state index is 11.4. The SMILES string of the molecule is CNC(=O)c1cnc(NCc2nnc3ccc(N(C)C)nn23)cn1. The highest BCUT2D eigenvalue weighted by Crippen LogP contribution is 2.10. The Kier molecular flexibility index (Phi) is 4.18. The Balaban J connectivity index is 1.75. The van der Waals surface area contributed by atoms with Crippen LogP contribution in [0.1, 0.15) is 16.3 Å². The molecule has 0 saturated heterocycles. The number of aromatic nitrogens is 6. The lowest BCUT2D eigenvalue weighted by atomic mass is 10.4. The lowest BCUT2D eigenvalue weighted by Crippen LogP contribution is -2.19. The fourth-order valence-electron chi connectivity index (χ4n) is 2.01. The smallest absolute Gasteiger partial charge is 0.271 e. The number of amides is 1. The van der Waals surface area contributed by atoms with Crippen molar-refractivity contribution in [2.75, 3.05) is 31.4 Å². The molecule has 0 unspecified atom stereocenters. The van der Waals surface area contributed by atoms with Gasteiger partial charge in [0.2, 0.25) is 0 Å². The second kappa shape index (κ2) is 6.44. The second-order valence-corrected chi connectivity index (χ2v) is 5.19. The monoisotopic (exact) mass is 327 g/mol. The van der Waals surface area contributed by atoms with Crippen molar-refractivity contribution in [2.45, 2.75) is 6.54 Å². The third-order valence-corrected chi connectivity index (χ3v) is 3.31. The largest absolute Gasteiger partial charge is 0.361 e. The van der Waals surface area contributed by atoms with E-state index in [0.717, 1.165) is 5.82 Å². The molecule has 10 nitrogen and oxygen atoms in total. The van der Waals surface area contributed by atoms with Crippen LogP contribution in [0, 0.1) is 0 Å². The normalized spacial score (nSPS) is 10.6. The van der Waals surface area contributed by atoms with Crippen LogP contribution in [0.3, 0.4) is 0 Å². The molecule has 10 heteroatoms. The predicted molar refractivity (Wildman–Crippen MR) is 87.9 cm³/mol. The molecule has 3 rings (SSSR count). The molecule has 3 aromatic rings. The Hall–Kier alpha value is -3.30. The molecular weight excluding hydrogens is 310 g/mol. The van der Waals surface area contributed by atoms with Gasteiger partial charge in [-0.3, -0.25) is 4.79 Å². The molecule has 1 amide bonds. The van der Waals surface area contributed by atoms with Crippen LogP contribution >= 0.6 is 0 Å². The van der Waals surface area contributed by atoms with Crippen molar-refractivity contribution in [3.05, 3.63) is 36.0 Å². The molecule has 0 aromatic carbocycles. The molecule has 3 aromatic heterocycles. The molecule has 0 saturated carbocycles. The Morgan fingerprint density at radius 1 is 1.21 bits per heavy atom. The van der Waals surface area contributed by atoms with Crippen LogP contribution in [0.25, 0.3) is 5.65 Å². The average Bonchev–Trinajstić information content (AvgIpc) is 3.02. The number of nitrogens with one attached hydrogen (secondary N) is 2. The quantitative estimate of drug-likeness (QED) is 0.671. The van der Waals surface area contributed by atoms with E-state index >= 15 is 0 Å². The zero-order valence-electron chi connectivity index (χ0n) is 13.6. The van der Waals surface area contributed by atoms with E-state index < -0.39 is 0 Å². The number of nitrogens with zero attached hydrogens (tertiary/aromatic N) is 7. The molecular formula is C14H17N9O. The summed E-state index contributed by atoms with van der Waals surface area (Å²) in [5.74, 6) is 1.70. The Morgan fingerprint density at radius 3 is 2.71 bits per heavy atom. The van der Waals surface area contributed by atoms with Crippen LogP contribution in [0.15, 0.2) is 24.5 Å². The summed E-state index contributed by atoms with van der Waals surface area (Å²) in [5.41, 5.74) is 0.923. The van der Waals surface area contributed by atoms with Crippen LogP contribution in [-0.2, 0) is 6.54 Å². The minimum absolute atomic E-state index is 0.258. The van der Waals surface area contributed by atoms with E-state index in [4.69, 9.17) is 0 Å². The second-order valence-electron chi connectivity index (χ2n) is 5.19. The predicted octanol–water partition coefficient (Wildman–Crippen LogP) is -0.0480. The van der Waals surface area contributed by atoms with Gasteiger partial charge in [-0.05, 0) is 12.1 Å². The molecule has 0 radical (unpaired) electrons. The molecule has 0 aliphatic carbocycles. The number of anilines is 2. The van der Waals surface area contributed by atoms with Gasteiger partial charge in [-0.15, -0.1) is 15.3 Å². The van der Waals surface area contributed by atoms with Gasteiger partial charge in [0.15, 0.2) is 11.5 Å². The molecule has 0 spiro atoms. The van der Waals surface area contributed by atoms with Gasteiger partial charge in [-0.2, -0.15) is 4.52 Å². The van der Waals surface area contributed by atoms with E-state index in [1.807, 2.05) is 31.1 Å². The Labute approximate surface area is 137 Å². The molecule has 2 N–H and O–H groups in total. The zero-order valence-corrected chi connectivity index (χ0v) is 13.6. The average molecular weight is 327 g/mol. The van der Waals surface area contributed by atoms with Crippen molar-refractivity contribution in [3.63, 3.8) is 0 Å². The van der Waals surface area contributed by atoms with Crippen LogP contribution in [0.2, 0.25) is 0 Å². The number of fused-ring (bicyclic) bond motifs is 1. The lowest BCUT2D eigenvalue weighted by Gasteiger charge is -2.11. The topological polar surface area (TPSA) is 113 Å². The number of hydrogen-bond acceptors (Lipinski definition) is 8. The van der Waals surface area contributed by atoms with Gasteiger partial charge in [0, 0.05) is 21.1 Å². The van der Waals surface area contributed by atoms with Gasteiger partial charge in [-0.1, -0.05) is 0 Å². The highest BCUT2D eigenvalue weighted by Gasteiger charge is 2.09. The molecule has 0 bridgehead atoms. The van der Waals surface area contributed by atoms with Crippen molar-refractivity contribution in [1.82, 2.24) is 35.1 Å². The maximum Gasteiger partial charge on any atom is 0.271 e. The van der Waals surface area contributed by atoms with Crippen molar-refractivity contribution in [2.24, 2.45) is 0 Å². The summed E-state index contributed by atoms with van der Waals surface area (Å²) < 4.78 is 1.68. The van der Waals surface area contributed by atoms with E-state index in [2.05, 4.69) is 35.9 Å². The minimum atomic E-state index is -0.280. The fourth-order valence-corrected chi connectivity index (χ4v) is 2.01. The molecule has 0 aliphatic rings. The van der Waals surface area contributed by atoms with E-state index in [1.165, 1.54) is 12.4 Å². The standard InChI is InChI=1S/C14H17N9O/c1-15-14(24)9-6-17-10(7-16-9)18-8-13-20-19-11-4-5-12(22(2)3)21-23(11)13/h4-7H,8H2,1-3H3,(H,15,24)(H,17,18). The highest BCUT2D eigenvalue weighted by atomic mass is 16.1. The Morgan fingerprint density at radius 2 is 2.04 bits per heavy atom. The maximum absolute atomic E-state index is 11.4. The van der Waals surface area contributed by atoms with Crippen LogP contribution in [-0.4, -0.2) is 56.8 Å². The van der Waals surface area contributed by atoms with Crippen molar-refractivity contribution >= 4 is 23.2 Å².